The van der Waals surface area contributed by atoms with Crippen LogP contribution >= 0.6 is 0 Å². The van der Waals surface area contributed by atoms with Crippen LogP contribution in [-0.4, -0.2) is 31.6 Å². The molecule has 146 valence electrons. The lowest BCUT2D eigenvalue weighted by Crippen LogP contribution is -2.40. The number of carbonyl (C=O) groups is 1. The van der Waals surface area contributed by atoms with E-state index in [1.165, 1.54) is 18.2 Å². The van der Waals surface area contributed by atoms with E-state index in [-0.39, 0.29) is 24.0 Å². The Kier molecular flexibility index (Phi) is 6.79. The molecule has 2 rings (SSSR count). The van der Waals surface area contributed by atoms with Gasteiger partial charge in [-0.05, 0) is 43.2 Å². The summed E-state index contributed by atoms with van der Waals surface area (Å²) < 4.78 is 41.3. The zero-order valence-electron chi connectivity index (χ0n) is 15.5. The van der Waals surface area contributed by atoms with Gasteiger partial charge in [-0.15, -0.1) is 0 Å². The SMILES string of the molecule is CCC(C)N(Cc1cccc(OS(C)(=O)=O)c1)C(=O)Nc1ccccc1F. The number of amides is 2. The fourth-order valence-electron chi connectivity index (χ4n) is 2.46. The Morgan fingerprint density at radius 2 is 1.93 bits per heavy atom. The highest BCUT2D eigenvalue weighted by atomic mass is 32.2. The zero-order valence-corrected chi connectivity index (χ0v) is 16.3. The first-order valence-electron chi connectivity index (χ1n) is 8.50. The molecule has 0 aromatic heterocycles. The molecule has 8 heteroatoms. The molecule has 1 atom stereocenters. The van der Waals surface area contributed by atoms with Crippen LogP contribution in [0, 0.1) is 5.82 Å². The Morgan fingerprint density at radius 3 is 2.56 bits per heavy atom. The zero-order chi connectivity index (χ0) is 20.0. The Morgan fingerprint density at radius 1 is 1.22 bits per heavy atom. The van der Waals surface area contributed by atoms with E-state index in [9.17, 15) is 17.6 Å². The van der Waals surface area contributed by atoms with Gasteiger partial charge < -0.3 is 14.4 Å². The Hall–Kier alpha value is -2.61. The normalized spacial score (nSPS) is 12.3. The highest BCUT2D eigenvalue weighted by Crippen LogP contribution is 2.20. The van der Waals surface area contributed by atoms with Crippen molar-refractivity contribution in [2.24, 2.45) is 0 Å². The molecule has 27 heavy (non-hydrogen) atoms. The van der Waals surface area contributed by atoms with E-state index < -0.39 is 22.0 Å². The third kappa shape index (κ3) is 6.25. The number of para-hydroxylation sites is 1. The van der Waals surface area contributed by atoms with Crippen LogP contribution in [-0.2, 0) is 16.7 Å². The number of hydrogen-bond donors (Lipinski definition) is 1. The second-order valence-corrected chi connectivity index (χ2v) is 7.80. The molecule has 0 radical (unpaired) electrons. The summed E-state index contributed by atoms with van der Waals surface area (Å²) in [5.41, 5.74) is 0.796. The standard InChI is InChI=1S/C19H23FN2O4S/c1-4-14(2)22(19(23)21-18-11-6-5-10-17(18)20)13-15-8-7-9-16(12-15)26-27(3,24)25/h5-12,14H,4,13H2,1-3H3,(H,21,23). The van der Waals surface area contributed by atoms with Crippen LogP contribution in [0.5, 0.6) is 5.75 Å². The second-order valence-electron chi connectivity index (χ2n) is 6.23. The smallest absolute Gasteiger partial charge is 0.322 e. The van der Waals surface area contributed by atoms with Gasteiger partial charge in [-0.25, -0.2) is 9.18 Å². The molecule has 0 fully saturated rings. The molecule has 0 aliphatic carbocycles. The summed E-state index contributed by atoms with van der Waals surface area (Å²) in [6.45, 7) is 4.05. The highest BCUT2D eigenvalue weighted by molar-refractivity contribution is 7.86. The number of benzene rings is 2. The first kappa shape index (κ1) is 20.7. The maximum atomic E-state index is 13.8. The molecule has 2 amide bonds. The van der Waals surface area contributed by atoms with E-state index in [0.717, 1.165) is 6.26 Å². The predicted octanol–water partition coefficient (Wildman–Crippen LogP) is 4.00. The van der Waals surface area contributed by atoms with Crippen LogP contribution < -0.4 is 9.50 Å². The van der Waals surface area contributed by atoms with Gasteiger partial charge in [-0.1, -0.05) is 31.2 Å². The minimum atomic E-state index is -3.64. The first-order valence-corrected chi connectivity index (χ1v) is 10.3. The minimum absolute atomic E-state index is 0.102. The van der Waals surface area contributed by atoms with Gasteiger partial charge in [0.2, 0.25) is 0 Å². The number of halogens is 1. The quantitative estimate of drug-likeness (QED) is 0.721. The van der Waals surface area contributed by atoms with Gasteiger partial charge in [0, 0.05) is 12.6 Å². The summed E-state index contributed by atoms with van der Waals surface area (Å²) in [5.74, 6) is -0.341. The molecular formula is C19H23FN2O4S. The van der Waals surface area contributed by atoms with Crippen molar-refractivity contribution in [1.29, 1.82) is 0 Å². The van der Waals surface area contributed by atoms with E-state index in [0.29, 0.717) is 12.0 Å². The molecule has 1 N–H and O–H groups in total. The van der Waals surface area contributed by atoms with E-state index in [4.69, 9.17) is 4.18 Å². The van der Waals surface area contributed by atoms with Crippen LogP contribution in [0.3, 0.4) is 0 Å². The molecule has 0 saturated carbocycles. The monoisotopic (exact) mass is 394 g/mol. The Bertz CT molecular complexity index is 902. The van der Waals surface area contributed by atoms with E-state index in [1.54, 1.807) is 35.2 Å². The second kappa shape index (κ2) is 8.85. The molecule has 0 aliphatic heterocycles. The molecule has 0 aliphatic rings. The minimum Gasteiger partial charge on any atom is -0.383 e. The summed E-state index contributed by atoms with van der Waals surface area (Å²) in [4.78, 5) is 14.3. The fourth-order valence-corrected chi connectivity index (χ4v) is 2.92. The molecule has 0 bridgehead atoms. The lowest BCUT2D eigenvalue weighted by molar-refractivity contribution is 0.187. The molecule has 1 unspecified atom stereocenters. The summed E-state index contributed by atoms with van der Waals surface area (Å²) in [6, 6.07) is 11.9. The Labute approximate surface area is 159 Å². The molecule has 0 saturated heterocycles. The lowest BCUT2D eigenvalue weighted by Gasteiger charge is -2.29. The van der Waals surface area contributed by atoms with Crippen LogP contribution in [0.1, 0.15) is 25.8 Å². The van der Waals surface area contributed by atoms with Crippen molar-refractivity contribution < 1.29 is 21.8 Å². The molecule has 2 aromatic rings. The van der Waals surface area contributed by atoms with Gasteiger partial charge in [0.1, 0.15) is 11.6 Å². The third-order valence-electron chi connectivity index (χ3n) is 4.00. The van der Waals surface area contributed by atoms with E-state index in [2.05, 4.69) is 5.32 Å². The van der Waals surface area contributed by atoms with Gasteiger partial charge in [-0.2, -0.15) is 8.42 Å². The van der Waals surface area contributed by atoms with Crippen molar-refractivity contribution >= 4 is 21.8 Å². The van der Waals surface area contributed by atoms with E-state index >= 15 is 0 Å². The molecule has 0 spiro atoms. The Balaban J connectivity index is 2.21. The summed E-state index contributed by atoms with van der Waals surface area (Å²) >= 11 is 0. The largest absolute Gasteiger partial charge is 0.383 e. The number of carbonyl (C=O) groups excluding carboxylic acids is 1. The van der Waals surface area contributed by atoms with Crippen molar-refractivity contribution in [2.45, 2.75) is 32.9 Å². The summed E-state index contributed by atoms with van der Waals surface area (Å²) in [6.07, 6.45) is 1.66. The van der Waals surface area contributed by atoms with Crippen molar-refractivity contribution in [1.82, 2.24) is 4.90 Å². The lowest BCUT2D eigenvalue weighted by atomic mass is 10.1. The number of nitrogens with one attached hydrogen (secondary N) is 1. The number of nitrogens with zero attached hydrogens (tertiary/aromatic N) is 1. The maximum Gasteiger partial charge on any atom is 0.322 e. The number of anilines is 1. The summed E-state index contributed by atoms with van der Waals surface area (Å²) in [5, 5.41) is 2.58. The van der Waals surface area contributed by atoms with Crippen molar-refractivity contribution in [3.63, 3.8) is 0 Å². The van der Waals surface area contributed by atoms with Crippen molar-refractivity contribution in [2.75, 3.05) is 11.6 Å². The average Bonchev–Trinajstić information content (AvgIpc) is 2.59. The van der Waals surface area contributed by atoms with Crippen LogP contribution in [0.4, 0.5) is 14.9 Å². The number of rotatable bonds is 7. The number of urea groups is 1. The highest BCUT2D eigenvalue weighted by Gasteiger charge is 2.20. The molecule has 6 nitrogen and oxygen atoms in total. The van der Waals surface area contributed by atoms with Crippen molar-refractivity contribution in [3.8, 4) is 5.75 Å². The van der Waals surface area contributed by atoms with E-state index in [1.807, 2.05) is 13.8 Å². The van der Waals surface area contributed by atoms with Gasteiger partial charge in [0.05, 0.1) is 11.9 Å². The van der Waals surface area contributed by atoms with Crippen LogP contribution in [0.2, 0.25) is 0 Å². The molecule has 2 aromatic carbocycles. The van der Waals surface area contributed by atoms with Crippen molar-refractivity contribution in [3.05, 3.63) is 59.9 Å². The average molecular weight is 394 g/mol. The van der Waals surface area contributed by atoms with Gasteiger partial charge in [0.25, 0.3) is 0 Å². The third-order valence-corrected chi connectivity index (χ3v) is 4.49. The first-order chi connectivity index (χ1) is 12.7. The van der Waals surface area contributed by atoms with Gasteiger partial charge in [-0.3, -0.25) is 0 Å². The topological polar surface area (TPSA) is 75.7 Å². The molecular weight excluding hydrogens is 371 g/mol. The fraction of sp³-hybridized carbons (Fsp3) is 0.316. The molecule has 0 heterocycles. The maximum absolute atomic E-state index is 13.8. The van der Waals surface area contributed by atoms with Crippen LogP contribution in [0.25, 0.3) is 0 Å². The number of hydrogen-bond acceptors (Lipinski definition) is 4. The van der Waals surface area contributed by atoms with Gasteiger partial charge >= 0.3 is 16.1 Å². The van der Waals surface area contributed by atoms with Gasteiger partial charge in [0.15, 0.2) is 0 Å². The van der Waals surface area contributed by atoms with Crippen LogP contribution in [0.15, 0.2) is 48.5 Å². The predicted molar refractivity (Wildman–Crippen MR) is 103 cm³/mol. The summed E-state index contributed by atoms with van der Waals surface area (Å²) in [7, 11) is -3.64.